The first-order valence-corrected chi connectivity index (χ1v) is 9.26. The lowest BCUT2D eigenvalue weighted by atomic mass is 9.74. The van der Waals surface area contributed by atoms with Crippen molar-refractivity contribution < 1.29 is 9.26 Å². The molecule has 0 bridgehead atoms. The fraction of sp³-hybridized carbons (Fsp3) is 0.300. The standard InChI is InChI=1S/C20H19BrN2O2/c21-17-8-4-7-16(14-17)20(9-11-24-12-10-20)19-22-18(23-25-19)13-15-5-2-1-3-6-15/h1-8,14H,9-13H2. The van der Waals surface area contributed by atoms with Gasteiger partial charge in [-0.3, -0.25) is 0 Å². The van der Waals surface area contributed by atoms with E-state index in [2.05, 4.69) is 51.4 Å². The Morgan fingerprint density at radius 3 is 2.56 bits per heavy atom. The molecule has 2 aromatic carbocycles. The van der Waals surface area contributed by atoms with Crippen LogP contribution in [0.3, 0.4) is 0 Å². The molecule has 0 amide bonds. The fourth-order valence-corrected chi connectivity index (χ4v) is 3.83. The third kappa shape index (κ3) is 3.39. The quantitative estimate of drug-likeness (QED) is 0.647. The molecule has 0 radical (unpaired) electrons. The summed E-state index contributed by atoms with van der Waals surface area (Å²) in [5, 5.41) is 4.24. The van der Waals surface area contributed by atoms with E-state index in [1.807, 2.05) is 24.3 Å². The van der Waals surface area contributed by atoms with Crippen LogP contribution < -0.4 is 0 Å². The molecule has 0 N–H and O–H groups in total. The van der Waals surface area contributed by atoms with Crippen LogP contribution in [0.4, 0.5) is 0 Å². The van der Waals surface area contributed by atoms with Crippen molar-refractivity contribution in [3.8, 4) is 0 Å². The Kier molecular flexibility index (Phi) is 4.68. The zero-order valence-corrected chi connectivity index (χ0v) is 15.4. The number of aromatic nitrogens is 2. The molecule has 1 aromatic heterocycles. The lowest BCUT2D eigenvalue weighted by Gasteiger charge is -2.34. The van der Waals surface area contributed by atoms with Crippen LogP contribution in [-0.2, 0) is 16.6 Å². The number of rotatable bonds is 4. The van der Waals surface area contributed by atoms with Crippen molar-refractivity contribution in [2.24, 2.45) is 0 Å². The molecule has 0 saturated carbocycles. The molecule has 4 nitrogen and oxygen atoms in total. The second-order valence-corrected chi connectivity index (χ2v) is 7.30. The molecule has 2 heterocycles. The summed E-state index contributed by atoms with van der Waals surface area (Å²) >= 11 is 3.58. The van der Waals surface area contributed by atoms with Gasteiger partial charge in [0.1, 0.15) is 0 Å². The summed E-state index contributed by atoms with van der Waals surface area (Å²) in [7, 11) is 0. The Morgan fingerprint density at radius 2 is 1.80 bits per heavy atom. The average molecular weight is 399 g/mol. The minimum absolute atomic E-state index is 0.274. The molecule has 128 valence electrons. The van der Waals surface area contributed by atoms with Crippen LogP contribution >= 0.6 is 15.9 Å². The van der Waals surface area contributed by atoms with Gasteiger partial charge in [0.05, 0.1) is 5.41 Å². The third-order valence-corrected chi connectivity index (χ3v) is 5.30. The van der Waals surface area contributed by atoms with Gasteiger partial charge in [-0.2, -0.15) is 4.98 Å². The van der Waals surface area contributed by atoms with Gasteiger partial charge in [0.2, 0.25) is 5.89 Å². The van der Waals surface area contributed by atoms with Crippen LogP contribution in [-0.4, -0.2) is 23.4 Å². The summed E-state index contributed by atoms with van der Waals surface area (Å²) in [6, 6.07) is 18.6. The van der Waals surface area contributed by atoms with Crippen molar-refractivity contribution in [2.75, 3.05) is 13.2 Å². The molecule has 0 aliphatic carbocycles. The van der Waals surface area contributed by atoms with Crippen molar-refractivity contribution in [2.45, 2.75) is 24.7 Å². The first kappa shape index (κ1) is 16.5. The van der Waals surface area contributed by atoms with E-state index in [0.29, 0.717) is 25.5 Å². The highest BCUT2D eigenvalue weighted by molar-refractivity contribution is 9.10. The SMILES string of the molecule is Brc1cccc(C2(c3nc(Cc4ccccc4)no3)CCOCC2)c1. The summed E-state index contributed by atoms with van der Waals surface area (Å²) in [6.07, 6.45) is 2.36. The van der Waals surface area contributed by atoms with Crippen molar-refractivity contribution in [1.82, 2.24) is 10.1 Å². The van der Waals surface area contributed by atoms with E-state index in [0.717, 1.165) is 23.1 Å². The lowest BCUT2D eigenvalue weighted by molar-refractivity contribution is 0.0523. The summed E-state index contributed by atoms with van der Waals surface area (Å²) in [5.74, 6) is 1.42. The molecule has 1 saturated heterocycles. The number of benzene rings is 2. The molecule has 5 heteroatoms. The molecular formula is C20H19BrN2O2. The fourth-order valence-electron chi connectivity index (χ4n) is 3.43. The number of hydrogen-bond acceptors (Lipinski definition) is 4. The molecule has 1 fully saturated rings. The molecular weight excluding hydrogens is 380 g/mol. The van der Waals surface area contributed by atoms with Crippen molar-refractivity contribution in [3.05, 3.63) is 81.9 Å². The van der Waals surface area contributed by atoms with Crippen LogP contribution in [0.15, 0.2) is 63.6 Å². The van der Waals surface area contributed by atoms with Gasteiger partial charge in [-0.15, -0.1) is 0 Å². The molecule has 25 heavy (non-hydrogen) atoms. The number of halogens is 1. The van der Waals surface area contributed by atoms with Crippen molar-refractivity contribution in [1.29, 1.82) is 0 Å². The summed E-state index contributed by atoms with van der Waals surface area (Å²) in [5.41, 5.74) is 2.10. The Bertz CT molecular complexity index is 842. The average Bonchev–Trinajstić information content (AvgIpc) is 3.12. The zero-order valence-electron chi connectivity index (χ0n) is 13.8. The Morgan fingerprint density at radius 1 is 1.00 bits per heavy atom. The second kappa shape index (κ2) is 7.10. The summed E-state index contributed by atoms with van der Waals surface area (Å²) in [4.78, 5) is 4.76. The highest BCUT2D eigenvalue weighted by Crippen LogP contribution is 2.41. The van der Waals surface area contributed by atoms with Crippen LogP contribution in [0.5, 0.6) is 0 Å². The van der Waals surface area contributed by atoms with Gasteiger partial charge in [0.25, 0.3) is 0 Å². The minimum atomic E-state index is -0.274. The predicted octanol–water partition coefficient (Wildman–Crippen LogP) is 4.52. The molecule has 3 aromatic rings. The molecule has 1 aliphatic heterocycles. The Hall–Kier alpha value is -1.98. The first-order chi connectivity index (χ1) is 12.3. The maximum atomic E-state index is 5.74. The minimum Gasteiger partial charge on any atom is -0.381 e. The topological polar surface area (TPSA) is 48.2 Å². The lowest BCUT2D eigenvalue weighted by Crippen LogP contribution is -2.35. The van der Waals surface area contributed by atoms with Crippen molar-refractivity contribution in [3.63, 3.8) is 0 Å². The highest BCUT2D eigenvalue weighted by atomic mass is 79.9. The molecule has 0 atom stereocenters. The van der Waals surface area contributed by atoms with Crippen LogP contribution in [0.1, 0.15) is 35.7 Å². The van der Waals surface area contributed by atoms with E-state index in [-0.39, 0.29) is 5.41 Å². The number of nitrogens with zero attached hydrogens (tertiary/aromatic N) is 2. The monoisotopic (exact) mass is 398 g/mol. The zero-order chi connectivity index (χ0) is 17.1. The van der Waals surface area contributed by atoms with Crippen LogP contribution in [0.25, 0.3) is 0 Å². The first-order valence-electron chi connectivity index (χ1n) is 8.47. The van der Waals surface area contributed by atoms with E-state index < -0.39 is 0 Å². The normalized spacial score (nSPS) is 16.7. The highest BCUT2D eigenvalue weighted by Gasteiger charge is 2.41. The largest absolute Gasteiger partial charge is 0.381 e. The number of ether oxygens (including phenoxy) is 1. The van der Waals surface area contributed by atoms with Gasteiger partial charge in [-0.05, 0) is 36.1 Å². The van der Waals surface area contributed by atoms with Gasteiger partial charge >= 0.3 is 0 Å². The maximum absolute atomic E-state index is 5.74. The van der Waals surface area contributed by atoms with E-state index in [9.17, 15) is 0 Å². The third-order valence-electron chi connectivity index (χ3n) is 4.81. The van der Waals surface area contributed by atoms with Crippen molar-refractivity contribution >= 4 is 15.9 Å². The number of hydrogen-bond donors (Lipinski definition) is 0. The molecule has 4 rings (SSSR count). The van der Waals surface area contributed by atoms with Gasteiger partial charge in [0.15, 0.2) is 5.82 Å². The van der Waals surface area contributed by atoms with Gasteiger partial charge in [-0.25, -0.2) is 0 Å². The van der Waals surface area contributed by atoms with E-state index >= 15 is 0 Å². The van der Waals surface area contributed by atoms with Gasteiger partial charge in [-0.1, -0.05) is 63.6 Å². The predicted molar refractivity (Wildman–Crippen MR) is 98.5 cm³/mol. The Labute approximate surface area is 155 Å². The smallest absolute Gasteiger partial charge is 0.237 e. The van der Waals surface area contributed by atoms with E-state index in [1.165, 1.54) is 11.1 Å². The van der Waals surface area contributed by atoms with Gasteiger partial charge in [0, 0.05) is 24.1 Å². The van der Waals surface area contributed by atoms with Crippen LogP contribution in [0.2, 0.25) is 0 Å². The van der Waals surface area contributed by atoms with E-state index in [1.54, 1.807) is 0 Å². The van der Waals surface area contributed by atoms with E-state index in [4.69, 9.17) is 14.2 Å². The maximum Gasteiger partial charge on any atom is 0.237 e. The molecule has 0 spiro atoms. The van der Waals surface area contributed by atoms with Gasteiger partial charge < -0.3 is 9.26 Å². The second-order valence-electron chi connectivity index (χ2n) is 6.38. The summed E-state index contributed by atoms with van der Waals surface area (Å²) in [6.45, 7) is 1.39. The van der Waals surface area contributed by atoms with Crippen LogP contribution in [0, 0.1) is 0 Å². The summed E-state index contributed by atoms with van der Waals surface area (Å²) < 4.78 is 12.4. The Balaban J connectivity index is 1.69. The molecule has 0 unspecified atom stereocenters. The molecule has 1 aliphatic rings.